The molecule has 0 spiro atoms. The van der Waals surface area contributed by atoms with Crippen LogP contribution >= 0.6 is 0 Å². The summed E-state index contributed by atoms with van der Waals surface area (Å²) < 4.78 is 39.2. The van der Waals surface area contributed by atoms with Crippen molar-refractivity contribution in [1.82, 2.24) is 14.3 Å². The molecule has 1 aliphatic heterocycles. The minimum Gasteiger partial charge on any atom is -0.343 e. The van der Waals surface area contributed by atoms with Crippen LogP contribution in [0.1, 0.15) is 13.8 Å². The molecule has 0 N–H and O–H groups in total. The first-order valence-corrected chi connectivity index (χ1v) is 8.22. The molecule has 0 saturated carbocycles. The fourth-order valence-corrected chi connectivity index (χ4v) is 3.45. The van der Waals surface area contributed by atoms with Crippen molar-refractivity contribution in [3.63, 3.8) is 0 Å². The van der Waals surface area contributed by atoms with Crippen LogP contribution in [0.5, 0.6) is 0 Å². The van der Waals surface area contributed by atoms with Crippen molar-refractivity contribution in [2.45, 2.75) is 25.6 Å². The topological polar surface area (TPSA) is 84.0 Å². The molecule has 2 aromatic rings. The molecule has 146 valence electrons. The third-order valence-corrected chi connectivity index (χ3v) is 4.51. The summed E-state index contributed by atoms with van der Waals surface area (Å²) in [7, 11) is 0. The molecule has 0 atom stereocenters. The molecule has 0 bridgehead atoms. The fourth-order valence-electron chi connectivity index (χ4n) is 3.45. The summed E-state index contributed by atoms with van der Waals surface area (Å²) in [5, 5.41) is 11.6. The minimum absolute atomic E-state index is 0.0273. The molecular formula is C16H18F3N5O3. The van der Waals surface area contributed by atoms with Gasteiger partial charge in [-0.3, -0.25) is 24.2 Å². The Hall–Kier alpha value is -2.69. The van der Waals surface area contributed by atoms with Crippen LogP contribution in [0, 0.1) is 10.1 Å². The lowest BCUT2D eigenvalue weighted by atomic mass is 9.98. The highest BCUT2D eigenvalue weighted by molar-refractivity contribution is 5.63. The Kier molecular flexibility index (Phi) is 4.58. The standard InChI is InChI=1S/C16H18F3N5O3/c1-15(2)9-21(10-16(17,18)19)7-8-23(15)13-12(24(26)27)14(25)22-6-4-3-5-11(22)20-13/h3-6H,7-10H2,1-2H3. The van der Waals surface area contributed by atoms with Crippen molar-refractivity contribution < 1.29 is 18.1 Å². The molecule has 1 aliphatic rings. The minimum atomic E-state index is -4.33. The van der Waals surface area contributed by atoms with Gasteiger partial charge in [-0.2, -0.15) is 13.2 Å². The largest absolute Gasteiger partial charge is 0.401 e. The molecule has 3 rings (SSSR count). The molecule has 0 unspecified atom stereocenters. The molecule has 27 heavy (non-hydrogen) atoms. The van der Waals surface area contributed by atoms with E-state index in [4.69, 9.17) is 0 Å². The van der Waals surface area contributed by atoms with Crippen LogP contribution in [0.25, 0.3) is 5.65 Å². The quantitative estimate of drug-likeness (QED) is 0.594. The first-order valence-electron chi connectivity index (χ1n) is 8.22. The zero-order valence-electron chi connectivity index (χ0n) is 14.7. The maximum atomic E-state index is 12.7. The van der Waals surface area contributed by atoms with Crippen molar-refractivity contribution in [3.8, 4) is 0 Å². The molecule has 0 amide bonds. The number of aromatic nitrogens is 2. The lowest BCUT2D eigenvalue weighted by Crippen LogP contribution is -2.61. The highest BCUT2D eigenvalue weighted by Gasteiger charge is 2.42. The lowest BCUT2D eigenvalue weighted by Gasteiger charge is -2.47. The average molecular weight is 385 g/mol. The number of anilines is 1. The molecule has 0 aromatic carbocycles. The van der Waals surface area contributed by atoms with Gasteiger partial charge >= 0.3 is 17.4 Å². The predicted molar refractivity (Wildman–Crippen MR) is 92.0 cm³/mol. The number of hydrogen-bond donors (Lipinski definition) is 0. The highest BCUT2D eigenvalue weighted by Crippen LogP contribution is 2.32. The number of hydrogen-bond acceptors (Lipinski definition) is 6. The van der Waals surface area contributed by atoms with Crippen LogP contribution in [0.4, 0.5) is 24.7 Å². The number of fused-ring (bicyclic) bond motifs is 1. The molecule has 0 aliphatic carbocycles. The number of halogens is 3. The van der Waals surface area contributed by atoms with E-state index in [1.165, 1.54) is 11.1 Å². The Balaban J connectivity index is 2.06. The van der Waals surface area contributed by atoms with Gasteiger partial charge in [0.05, 0.1) is 11.5 Å². The van der Waals surface area contributed by atoms with E-state index in [1.54, 1.807) is 36.9 Å². The summed E-state index contributed by atoms with van der Waals surface area (Å²) in [4.78, 5) is 30.4. The Bertz CT molecular complexity index is 941. The average Bonchev–Trinajstić information content (AvgIpc) is 2.52. The lowest BCUT2D eigenvalue weighted by molar-refractivity contribution is -0.385. The molecule has 1 saturated heterocycles. The second-order valence-corrected chi connectivity index (χ2v) is 7.07. The number of alkyl halides is 3. The second kappa shape index (κ2) is 6.48. The van der Waals surface area contributed by atoms with E-state index in [0.717, 1.165) is 4.40 Å². The highest BCUT2D eigenvalue weighted by atomic mass is 19.4. The summed E-state index contributed by atoms with van der Waals surface area (Å²) in [5.41, 5.74) is -2.16. The van der Waals surface area contributed by atoms with Gasteiger partial charge in [-0.05, 0) is 26.0 Å². The van der Waals surface area contributed by atoms with Crippen molar-refractivity contribution in [1.29, 1.82) is 0 Å². The van der Waals surface area contributed by atoms with Gasteiger partial charge in [-0.15, -0.1) is 0 Å². The monoisotopic (exact) mass is 385 g/mol. The van der Waals surface area contributed by atoms with E-state index >= 15 is 0 Å². The molecule has 11 heteroatoms. The van der Waals surface area contributed by atoms with Gasteiger partial charge < -0.3 is 4.90 Å². The Morgan fingerprint density at radius 2 is 2.00 bits per heavy atom. The number of nitro groups is 1. The van der Waals surface area contributed by atoms with Crippen LogP contribution in [-0.4, -0.2) is 57.1 Å². The summed E-state index contributed by atoms with van der Waals surface area (Å²) in [6, 6.07) is 4.74. The van der Waals surface area contributed by atoms with E-state index < -0.39 is 34.4 Å². The second-order valence-electron chi connectivity index (χ2n) is 7.07. The zero-order chi connectivity index (χ0) is 20.0. The van der Waals surface area contributed by atoms with Crippen molar-refractivity contribution >= 4 is 17.2 Å². The van der Waals surface area contributed by atoms with Gasteiger partial charge in [-0.1, -0.05) is 6.07 Å². The number of nitrogens with zero attached hydrogens (tertiary/aromatic N) is 5. The van der Waals surface area contributed by atoms with Crippen LogP contribution in [0.3, 0.4) is 0 Å². The van der Waals surface area contributed by atoms with E-state index in [2.05, 4.69) is 4.98 Å². The predicted octanol–water partition coefficient (Wildman–Crippen LogP) is 2.07. The summed E-state index contributed by atoms with van der Waals surface area (Å²) in [6.07, 6.45) is -2.95. The van der Waals surface area contributed by atoms with Crippen LogP contribution < -0.4 is 10.5 Å². The molecule has 8 nitrogen and oxygen atoms in total. The van der Waals surface area contributed by atoms with Gasteiger partial charge in [0, 0.05) is 31.4 Å². The maximum Gasteiger partial charge on any atom is 0.401 e. The van der Waals surface area contributed by atoms with E-state index in [-0.39, 0.29) is 31.1 Å². The number of rotatable bonds is 3. The van der Waals surface area contributed by atoms with Crippen LogP contribution in [0.2, 0.25) is 0 Å². The van der Waals surface area contributed by atoms with Crippen LogP contribution in [-0.2, 0) is 0 Å². The van der Waals surface area contributed by atoms with Gasteiger partial charge in [0.15, 0.2) is 0 Å². The maximum absolute atomic E-state index is 12.7. The Labute approximate surface area is 152 Å². The van der Waals surface area contributed by atoms with Crippen molar-refractivity contribution in [2.75, 3.05) is 31.1 Å². The van der Waals surface area contributed by atoms with Crippen molar-refractivity contribution in [3.05, 3.63) is 44.9 Å². The molecule has 1 fully saturated rings. The van der Waals surface area contributed by atoms with E-state index in [1.807, 2.05) is 0 Å². The van der Waals surface area contributed by atoms with Crippen LogP contribution in [0.15, 0.2) is 29.2 Å². The molecule has 0 radical (unpaired) electrons. The van der Waals surface area contributed by atoms with E-state index in [0.29, 0.717) is 0 Å². The Morgan fingerprint density at radius 1 is 1.30 bits per heavy atom. The Morgan fingerprint density at radius 3 is 2.59 bits per heavy atom. The van der Waals surface area contributed by atoms with Gasteiger partial charge in [-0.25, -0.2) is 4.98 Å². The number of piperazine rings is 1. The molecule has 3 heterocycles. The third kappa shape index (κ3) is 3.72. The van der Waals surface area contributed by atoms with E-state index in [9.17, 15) is 28.1 Å². The normalized spacial score (nSPS) is 18.0. The fraction of sp³-hybridized carbons (Fsp3) is 0.500. The summed E-state index contributed by atoms with van der Waals surface area (Å²) >= 11 is 0. The summed E-state index contributed by atoms with van der Waals surface area (Å²) in [6.45, 7) is 2.45. The third-order valence-electron chi connectivity index (χ3n) is 4.51. The van der Waals surface area contributed by atoms with Crippen molar-refractivity contribution in [2.24, 2.45) is 0 Å². The number of pyridine rings is 1. The SMILES string of the molecule is CC1(C)CN(CC(F)(F)F)CCN1c1nc2ccccn2c(=O)c1[N+](=O)[O-]. The smallest absolute Gasteiger partial charge is 0.343 e. The van der Waals surface area contributed by atoms with Gasteiger partial charge in [0.25, 0.3) is 0 Å². The summed E-state index contributed by atoms with van der Waals surface area (Å²) in [5.74, 6) is -0.118. The molecule has 2 aromatic heterocycles. The molecular weight excluding hydrogens is 367 g/mol. The van der Waals surface area contributed by atoms with Gasteiger partial charge in [0.2, 0.25) is 5.82 Å². The first kappa shape index (κ1) is 19.1. The zero-order valence-corrected chi connectivity index (χ0v) is 14.7. The van der Waals surface area contributed by atoms with Gasteiger partial charge in [0.1, 0.15) is 5.65 Å². The first-order chi connectivity index (χ1) is 12.5.